The van der Waals surface area contributed by atoms with Crippen molar-refractivity contribution in [1.29, 1.82) is 0 Å². The second-order valence-electron chi connectivity index (χ2n) is 8.89. The molecule has 0 fully saturated rings. The van der Waals surface area contributed by atoms with Crippen LogP contribution in [-0.2, 0) is 15.7 Å². The summed E-state index contributed by atoms with van der Waals surface area (Å²) in [5.41, 5.74) is 0.694. The molecule has 0 bridgehead atoms. The Kier molecular flexibility index (Phi) is 7.58. The van der Waals surface area contributed by atoms with Crippen LogP contribution in [0.5, 0.6) is 11.5 Å². The molecule has 0 N–H and O–H groups in total. The quantitative estimate of drug-likeness (QED) is 0.390. The number of carbonyl (C=O) groups is 2. The van der Waals surface area contributed by atoms with Crippen molar-refractivity contribution >= 4 is 28.9 Å². The number of thiophene rings is 1. The van der Waals surface area contributed by atoms with E-state index < -0.39 is 29.6 Å². The van der Waals surface area contributed by atoms with E-state index >= 15 is 0 Å². The highest BCUT2D eigenvalue weighted by Gasteiger charge is 2.36. The van der Waals surface area contributed by atoms with Gasteiger partial charge in [-0.3, -0.25) is 9.59 Å². The first kappa shape index (κ1) is 26.7. The Morgan fingerprint density at radius 1 is 1.13 bits per heavy atom. The van der Waals surface area contributed by atoms with Crippen molar-refractivity contribution in [2.75, 3.05) is 33.6 Å². The molecule has 2 aliphatic heterocycles. The number of carbonyl (C=O) groups excluding carboxylic acids is 2. The maximum absolute atomic E-state index is 13.7. The lowest BCUT2D eigenvalue weighted by atomic mass is 10.0. The first-order valence-corrected chi connectivity index (χ1v) is 12.9. The molecular weight excluding hydrogens is 535 g/mol. The van der Waals surface area contributed by atoms with Crippen LogP contribution >= 0.6 is 11.3 Å². The summed E-state index contributed by atoms with van der Waals surface area (Å²) in [5, 5.41) is 7.92. The van der Waals surface area contributed by atoms with Crippen LogP contribution in [0.3, 0.4) is 0 Å². The molecule has 3 heterocycles. The Bertz CT molecular complexity index is 1380. The number of fused-ring (bicyclic) bond motifs is 1. The monoisotopic (exact) mass is 559 g/mol. The normalized spacial score (nSPS) is 16.4. The molecule has 2 aliphatic rings. The number of hydrogen-bond donors (Lipinski definition) is 0. The average molecular weight is 560 g/mol. The number of nitrogens with zero attached hydrogens (tertiary/aromatic N) is 3. The zero-order valence-corrected chi connectivity index (χ0v) is 21.6. The molecule has 0 aliphatic carbocycles. The van der Waals surface area contributed by atoms with Gasteiger partial charge in [0.25, 0.3) is 11.8 Å². The number of halogens is 3. The van der Waals surface area contributed by atoms with Gasteiger partial charge in [0, 0.05) is 25.6 Å². The Hall–Kier alpha value is -3.90. The highest BCUT2D eigenvalue weighted by atomic mass is 32.1. The minimum absolute atomic E-state index is 0.0309. The van der Waals surface area contributed by atoms with Crippen molar-refractivity contribution in [3.8, 4) is 11.5 Å². The van der Waals surface area contributed by atoms with Gasteiger partial charge in [-0.05, 0) is 53.4 Å². The van der Waals surface area contributed by atoms with E-state index in [0.29, 0.717) is 17.9 Å². The second kappa shape index (κ2) is 11.1. The lowest BCUT2D eigenvalue weighted by Gasteiger charge is -2.27. The van der Waals surface area contributed by atoms with Gasteiger partial charge in [-0.25, -0.2) is 5.01 Å². The second-order valence-corrected chi connectivity index (χ2v) is 9.84. The zero-order valence-electron chi connectivity index (χ0n) is 20.8. The van der Waals surface area contributed by atoms with E-state index in [-0.39, 0.29) is 32.1 Å². The molecule has 1 atom stereocenters. The molecule has 3 aromatic rings. The molecule has 1 aromatic heterocycles. The molecule has 1 unspecified atom stereocenters. The lowest BCUT2D eigenvalue weighted by molar-refractivity contribution is -0.137. The summed E-state index contributed by atoms with van der Waals surface area (Å²) in [6.07, 6.45) is -4.07. The van der Waals surface area contributed by atoms with Gasteiger partial charge >= 0.3 is 6.18 Å². The third kappa shape index (κ3) is 5.76. The summed E-state index contributed by atoms with van der Waals surface area (Å²) in [6, 6.07) is 12.7. The largest absolute Gasteiger partial charge is 0.454 e. The number of alkyl halides is 3. The molecule has 2 amide bonds. The van der Waals surface area contributed by atoms with E-state index in [0.717, 1.165) is 40.4 Å². The average Bonchev–Trinajstić information content (AvgIpc) is 3.70. The SMILES string of the molecule is COCCN(CC(=O)N1N=C(c2cccs2)CC1c1ccc2c(c1)OCO2)C(=O)c1ccc(C(F)(F)F)cc1. The predicted octanol–water partition coefficient (Wildman–Crippen LogP) is 4.96. The Morgan fingerprint density at radius 3 is 2.59 bits per heavy atom. The molecule has 0 saturated heterocycles. The maximum Gasteiger partial charge on any atom is 0.416 e. The van der Waals surface area contributed by atoms with Crippen LogP contribution in [0, 0.1) is 0 Å². The van der Waals surface area contributed by atoms with Gasteiger partial charge in [0.15, 0.2) is 11.5 Å². The molecule has 0 spiro atoms. The minimum atomic E-state index is -4.52. The molecule has 5 rings (SSSR count). The van der Waals surface area contributed by atoms with Crippen LogP contribution in [0.25, 0.3) is 0 Å². The molecule has 204 valence electrons. The van der Waals surface area contributed by atoms with Crippen LogP contribution < -0.4 is 9.47 Å². The van der Waals surface area contributed by atoms with Gasteiger partial charge < -0.3 is 19.1 Å². The highest BCUT2D eigenvalue weighted by Crippen LogP contribution is 2.39. The minimum Gasteiger partial charge on any atom is -0.454 e. The number of amides is 2. The van der Waals surface area contributed by atoms with Crippen molar-refractivity contribution in [2.24, 2.45) is 5.10 Å². The molecule has 8 nitrogen and oxygen atoms in total. The summed E-state index contributed by atoms with van der Waals surface area (Å²) < 4.78 is 55.0. The van der Waals surface area contributed by atoms with E-state index in [1.165, 1.54) is 28.4 Å². The number of benzene rings is 2. The Morgan fingerprint density at radius 2 is 1.90 bits per heavy atom. The van der Waals surface area contributed by atoms with Crippen molar-refractivity contribution < 1.29 is 37.0 Å². The van der Waals surface area contributed by atoms with Crippen LogP contribution in [0.4, 0.5) is 13.2 Å². The fourth-order valence-corrected chi connectivity index (χ4v) is 5.11. The van der Waals surface area contributed by atoms with Crippen molar-refractivity contribution in [3.05, 3.63) is 81.5 Å². The number of rotatable bonds is 8. The van der Waals surface area contributed by atoms with Gasteiger partial charge in [0.1, 0.15) is 6.54 Å². The lowest BCUT2D eigenvalue weighted by Crippen LogP contribution is -2.42. The number of methoxy groups -OCH3 is 1. The molecule has 2 aromatic carbocycles. The molecule has 39 heavy (non-hydrogen) atoms. The summed E-state index contributed by atoms with van der Waals surface area (Å²) >= 11 is 1.51. The fraction of sp³-hybridized carbons (Fsp3) is 0.296. The van der Waals surface area contributed by atoms with Crippen LogP contribution in [0.15, 0.2) is 65.1 Å². The van der Waals surface area contributed by atoms with Gasteiger partial charge in [-0.15, -0.1) is 11.3 Å². The fourth-order valence-electron chi connectivity index (χ4n) is 4.39. The van der Waals surface area contributed by atoms with Gasteiger partial charge in [0.05, 0.1) is 28.8 Å². The van der Waals surface area contributed by atoms with E-state index in [1.54, 1.807) is 6.07 Å². The van der Waals surface area contributed by atoms with Crippen molar-refractivity contribution in [2.45, 2.75) is 18.6 Å². The maximum atomic E-state index is 13.7. The first-order chi connectivity index (χ1) is 18.7. The molecule has 12 heteroatoms. The smallest absolute Gasteiger partial charge is 0.416 e. The summed E-state index contributed by atoms with van der Waals surface area (Å²) in [5.74, 6) is 0.154. The topological polar surface area (TPSA) is 80.7 Å². The van der Waals surface area contributed by atoms with E-state index in [1.807, 2.05) is 29.6 Å². The predicted molar refractivity (Wildman–Crippen MR) is 137 cm³/mol. The van der Waals surface area contributed by atoms with Gasteiger partial charge in [-0.2, -0.15) is 18.3 Å². The molecular formula is C27H24F3N3O5S. The summed E-state index contributed by atoms with van der Waals surface area (Å²) in [4.78, 5) is 29.1. The van der Waals surface area contributed by atoms with Crippen molar-refractivity contribution in [3.63, 3.8) is 0 Å². The zero-order chi connectivity index (χ0) is 27.6. The number of ether oxygens (including phenoxy) is 3. The Balaban J connectivity index is 1.40. The van der Waals surface area contributed by atoms with E-state index in [2.05, 4.69) is 5.10 Å². The number of hydrogen-bond acceptors (Lipinski definition) is 7. The highest BCUT2D eigenvalue weighted by molar-refractivity contribution is 7.12. The molecule has 0 radical (unpaired) electrons. The third-order valence-electron chi connectivity index (χ3n) is 6.39. The van der Waals surface area contributed by atoms with Gasteiger partial charge in [0.2, 0.25) is 6.79 Å². The first-order valence-electron chi connectivity index (χ1n) is 12.0. The number of hydrazone groups is 1. The van der Waals surface area contributed by atoms with Gasteiger partial charge in [-0.1, -0.05) is 12.1 Å². The van der Waals surface area contributed by atoms with Crippen LogP contribution in [-0.4, -0.2) is 61.0 Å². The standard InChI is InChI=1S/C27H24F3N3O5S/c1-36-11-10-32(26(35)17-4-7-19(8-5-17)27(28,29)30)15-25(34)33-21(14-20(31-33)24-3-2-12-39-24)18-6-9-22-23(13-18)38-16-37-22/h2-9,12-13,21H,10-11,14-16H2,1H3. The van der Waals surface area contributed by atoms with Crippen LogP contribution in [0.2, 0.25) is 0 Å². The van der Waals surface area contributed by atoms with Crippen molar-refractivity contribution in [1.82, 2.24) is 9.91 Å². The Labute approximate surface area is 226 Å². The summed E-state index contributed by atoms with van der Waals surface area (Å²) in [7, 11) is 1.45. The van der Waals surface area contributed by atoms with E-state index in [9.17, 15) is 22.8 Å². The van der Waals surface area contributed by atoms with Crippen LogP contribution in [0.1, 0.15) is 38.8 Å². The van der Waals surface area contributed by atoms with E-state index in [4.69, 9.17) is 14.2 Å². The summed E-state index contributed by atoms with van der Waals surface area (Å²) in [6.45, 7) is -0.0316. The third-order valence-corrected chi connectivity index (χ3v) is 7.31. The molecule has 0 saturated carbocycles.